The summed E-state index contributed by atoms with van der Waals surface area (Å²) in [5.41, 5.74) is 5.91. The Morgan fingerprint density at radius 1 is 0.929 bits per heavy atom. The van der Waals surface area contributed by atoms with Gasteiger partial charge in [0.15, 0.2) is 0 Å². The summed E-state index contributed by atoms with van der Waals surface area (Å²) in [7, 11) is 0. The molecule has 1 aliphatic carbocycles. The molecule has 4 nitrogen and oxygen atoms in total. The van der Waals surface area contributed by atoms with Gasteiger partial charge in [0, 0.05) is 6.61 Å². The average Bonchev–Trinajstić information content (AvgIpc) is 3.81. The molecule has 2 unspecified atom stereocenters. The Morgan fingerprint density at radius 2 is 1.67 bits per heavy atom. The molecule has 0 saturated heterocycles. The van der Waals surface area contributed by atoms with E-state index in [4.69, 9.17) is 4.74 Å². The molecule has 0 heterocycles. The first-order chi connectivity index (χ1) is 20.2. The number of hydrogen-bond donors (Lipinski definition) is 1. The first-order valence-corrected chi connectivity index (χ1v) is 15.4. The first kappa shape index (κ1) is 30.0. The van der Waals surface area contributed by atoms with Crippen LogP contribution >= 0.6 is 0 Å². The monoisotopic (exact) mass is 563 g/mol. The zero-order chi connectivity index (χ0) is 29.7. The van der Waals surface area contributed by atoms with Crippen LogP contribution in [0.3, 0.4) is 0 Å². The van der Waals surface area contributed by atoms with E-state index >= 15 is 0 Å². The van der Waals surface area contributed by atoms with Gasteiger partial charge in [-0.1, -0.05) is 106 Å². The van der Waals surface area contributed by atoms with E-state index in [-0.39, 0.29) is 23.7 Å². The third kappa shape index (κ3) is 7.67. The van der Waals surface area contributed by atoms with Crippen molar-refractivity contribution in [1.29, 1.82) is 0 Å². The molecule has 4 aromatic rings. The maximum absolute atomic E-state index is 13.0. The van der Waals surface area contributed by atoms with Crippen LogP contribution in [0.1, 0.15) is 85.5 Å². The smallest absolute Gasteiger partial charge is 0.335 e. The highest BCUT2D eigenvalue weighted by molar-refractivity contribution is 5.89. The lowest BCUT2D eigenvalue weighted by atomic mass is 9.80. The average molecular weight is 564 g/mol. The second-order valence-corrected chi connectivity index (χ2v) is 12.9. The fourth-order valence-electron chi connectivity index (χ4n) is 6.23. The van der Waals surface area contributed by atoms with Gasteiger partial charge >= 0.3 is 5.97 Å². The van der Waals surface area contributed by atoms with Gasteiger partial charge in [-0.2, -0.15) is 0 Å². The summed E-state index contributed by atoms with van der Waals surface area (Å²) in [5.74, 6) is -0.500. The predicted molar refractivity (Wildman–Crippen MR) is 169 cm³/mol. The Bertz CT molecular complexity index is 1520. The number of carboxylic acid groups (broad SMARTS) is 1. The zero-order valence-electron chi connectivity index (χ0n) is 25.1. The molecule has 0 amide bonds. The van der Waals surface area contributed by atoms with Crippen LogP contribution in [0.15, 0.2) is 84.9 Å². The van der Waals surface area contributed by atoms with Crippen molar-refractivity contribution in [2.45, 2.75) is 77.9 Å². The molecular formula is C38H43O4-. The molecule has 5 rings (SSSR count). The fraction of sp³-hybridized carbons (Fsp3) is 0.395. The molecule has 0 aromatic heterocycles. The van der Waals surface area contributed by atoms with Crippen LogP contribution in [-0.2, 0) is 11.2 Å². The minimum Gasteiger partial charge on any atom is -0.850 e. The summed E-state index contributed by atoms with van der Waals surface area (Å²) < 4.78 is 6.38. The number of aryl methyl sites for hydroxylation is 1. The van der Waals surface area contributed by atoms with Crippen molar-refractivity contribution in [2.24, 2.45) is 11.3 Å². The van der Waals surface area contributed by atoms with E-state index in [1.165, 1.54) is 16.3 Å². The van der Waals surface area contributed by atoms with Crippen molar-refractivity contribution in [3.63, 3.8) is 0 Å². The molecule has 0 bridgehead atoms. The number of carboxylic acids is 1. The van der Waals surface area contributed by atoms with Crippen molar-refractivity contribution in [3.05, 3.63) is 107 Å². The number of ether oxygens (including phenoxy) is 1. The van der Waals surface area contributed by atoms with Crippen molar-refractivity contribution in [1.82, 2.24) is 0 Å². The van der Waals surface area contributed by atoms with Crippen LogP contribution in [0, 0.1) is 18.3 Å². The quantitative estimate of drug-likeness (QED) is 0.156. The molecular weight excluding hydrogens is 520 g/mol. The number of benzene rings is 4. The van der Waals surface area contributed by atoms with Crippen molar-refractivity contribution in [3.8, 4) is 11.1 Å². The standard InChI is InChI=1S/C38H43O4/c1-26-22-31(37(40)41)19-20-33(26)34-13-6-7-14-35(34)36(29-17-18-29)42-25-32(39)12-8-9-21-38(2,3)24-27-15-16-28-10-4-5-11-30(28)23-27/h4-7,10-11,13-16,19-20,22-23,29,32,36H,8-9,12,17-18,21,24-25H2,1-3H3,(H,40,41)/q-1. The Labute approximate surface area is 250 Å². The summed E-state index contributed by atoms with van der Waals surface area (Å²) in [6.45, 7) is 6.82. The van der Waals surface area contributed by atoms with E-state index < -0.39 is 12.1 Å². The molecule has 42 heavy (non-hydrogen) atoms. The second kappa shape index (κ2) is 13.2. The SMILES string of the molecule is Cc1cc(C(=O)O)ccc1-c1ccccc1C(OCC([O-])CCCCC(C)(C)Cc1ccc2ccccc2c1)C1CC1. The normalized spacial score (nSPS) is 15.0. The predicted octanol–water partition coefficient (Wildman–Crippen LogP) is 8.54. The Morgan fingerprint density at radius 3 is 2.40 bits per heavy atom. The van der Waals surface area contributed by atoms with Crippen LogP contribution in [-0.4, -0.2) is 23.8 Å². The van der Waals surface area contributed by atoms with E-state index in [1.54, 1.807) is 12.1 Å². The Hall–Kier alpha value is -3.47. The lowest BCUT2D eigenvalue weighted by Crippen LogP contribution is -2.31. The molecule has 4 aromatic carbocycles. The highest BCUT2D eigenvalue weighted by atomic mass is 16.5. The van der Waals surface area contributed by atoms with Crippen molar-refractivity contribution in [2.75, 3.05) is 6.61 Å². The fourth-order valence-corrected chi connectivity index (χ4v) is 6.23. The number of carbonyl (C=O) groups is 1. The highest BCUT2D eigenvalue weighted by Gasteiger charge is 2.34. The summed E-state index contributed by atoms with van der Waals surface area (Å²) in [4.78, 5) is 11.4. The molecule has 2 atom stereocenters. The van der Waals surface area contributed by atoms with Crippen LogP contribution in [0.4, 0.5) is 0 Å². The number of unbranched alkanes of at least 4 members (excludes halogenated alkanes) is 1. The first-order valence-electron chi connectivity index (χ1n) is 15.4. The van der Waals surface area contributed by atoms with Crippen LogP contribution in [0.2, 0.25) is 0 Å². The van der Waals surface area contributed by atoms with Gasteiger partial charge in [-0.25, -0.2) is 4.79 Å². The van der Waals surface area contributed by atoms with E-state index in [0.29, 0.717) is 12.3 Å². The van der Waals surface area contributed by atoms with Gasteiger partial charge in [-0.05, 0) is 94.7 Å². The molecule has 1 N–H and O–H groups in total. The lowest BCUT2D eigenvalue weighted by molar-refractivity contribution is -0.430. The number of rotatable bonds is 14. The zero-order valence-corrected chi connectivity index (χ0v) is 25.1. The number of hydrogen-bond acceptors (Lipinski definition) is 3. The summed E-state index contributed by atoms with van der Waals surface area (Å²) in [6.07, 6.45) is 6.06. The number of aromatic carboxylic acids is 1. The maximum Gasteiger partial charge on any atom is 0.335 e. The highest BCUT2D eigenvalue weighted by Crippen LogP contribution is 2.46. The minimum absolute atomic E-state index is 0.114. The largest absolute Gasteiger partial charge is 0.850 e. The lowest BCUT2D eigenvalue weighted by Gasteiger charge is -2.29. The molecule has 0 radical (unpaired) electrons. The molecule has 1 saturated carbocycles. The minimum atomic E-state index is -0.924. The van der Waals surface area contributed by atoms with Gasteiger partial charge in [0.1, 0.15) is 0 Å². The molecule has 1 fully saturated rings. The van der Waals surface area contributed by atoms with Gasteiger partial charge in [0.25, 0.3) is 0 Å². The third-order valence-electron chi connectivity index (χ3n) is 8.67. The van der Waals surface area contributed by atoms with Gasteiger partial charge in [0.05, 0.1) is 11.7 Å². The van der Waals surface area contributed by atoms with E-state index in [0.717, 1.165) is 60.8 Å². The van der Waals surface area contributed by atoms with Crippen LogP contribution in [0.25, 0.3) is 21.9 Å². The molecule has 0 aliphatic heterocycles. The van der Waals surface area contributed by atoms with Crippen LogP contribution in [0.5, 0.6) is 0 Å². The Kier molecular flexibility index (Phi) is 9.45. The van der Waals surface area contributed by atoms with Gasteiger partial charge in [0.2, 0.25) is 0 Å². The topological polar surface area (TPSA) is 69.6 Å². The van der Waals surface area contributed by atoms with Crippen molar-refractivity contribution >= 4 is 16.7 Å². The molecule has 4 heteroatoms. The number of fused-ring (bicyclic) bond motifs is 1. The maximum atomic E-state index is 13.0. The Balaban J connectivity index is 1.14. The van der Waals surface area contributed by atoms with E-state index in [2.05, 4.69) is 68.4 Å². The molecule has 220 valence electrons. The summed E-state index contributed by atoms with van der Waals surface area (Å²) in [5, 5.41) is 24.9. The van der Waals surface area contributed by atoms with Crippen molar-refractivity contribution < 1.29 is 19.7 Å². The molecule has 1 aliphatic rings. The molecule has 0 spiro atoms. The van der Waals surface area contributed by atoms with Gasteiger partial charge < -0.3 is 14.9 Å². The van der Waals surface area contributed by atoms with Gasteiger partial charge in [-0.3, -0.25) is 0 Å². The van der Waals surface area contributed by atoms with E-state index in [1.807, 2.05) is 25.1 Å². The summed E-state index contributed by atoms with van der Waals surface area (Å²) >= 11 is 0. The van der Waals surface area contributed by atoms with Crippen LogP contribution < -0.4 is 5.11 Å². The third-order valence-corrected chi connectivity index (χ3v) is 8.67. The van der Waals surface area contributed by atoms with Gasteiger partial charge in [-0.15, -0.1) is 6.10 Å². The van der Waals surface area contributed by atoms with E-state index in [9.17, 15) is 15.0 Å². The summed E-state index contributed by atoms with van der Waals surface area (Å²) in [6, 6.07) is 28.7. The second-order valence-electron chi connectivity index (χ2n) is 12.9.